The van der Waals surface area contributed by atoms with Crippen LogP contribution < -0.4 is 5.32 Å². The Morgan fingerprint density at radius 1 is 1.14 bits per heavy atom. The molecule has 0 aromatic heterocycles. The molecule has 1 N–H and O–H groups in total. The van der Waals surface area contributed by atoms with E-state index in [9.17, 15) is 4.79 Å². The molecule has 0 spiro atoms. The molecule has 3 atom stereocenters. The standard InChI is InChI=1S/C19H18ClNO/c20-14-6-3-4-12(10-14)11-17-16-9-8-13-5-1-2-7-15(13)18(16)19(22)21-17/h1-7,10,16-18H,8-9,11H2,(H,21,22). The lowest BCUT2D eigenvalue weighted by atomic mass is 9.73. The van der Waals surface area contributed by atoms with Crippen LogP contribution in [-0.2, 0) is 17.6 Å². The number of nitrogens with one attached hydrogen (secondary N) is 1. The Morgan fingerprint density at radius 3 is 2.86 bits per heavy atom. The smallest absolute Gasteiger partial charge is 0.228 e. The number of rotatable bonds is 2. The molecule has 3 unspecified atom stereocenters. The summed E-state index contributed by atoms with van der Waals surface area (Å²) < 4.78 is 0. The monoisotopic (exact) mass is 311 g/mol. The number of hydrogen-bond donors (Lipinski definition) is 1. The minimum atomic E-state index is 0.0223. The lowest BCUT2D eigenvalue weighted by molar-refractivity contribution is -0.120. The van der Waals surface area contributed by atoms with Gasteiger partial charge >= 0.3 is 0 Å². The quantitative estimate of drug-likeness (QED) is 0.899. The molecule has 2 aromatic carbocycles. The largest absolute Gasteiger partial charge is 0.352 e. The van der Waals surface area contributed by atoms with E-state index in [1.807, 2.05) is 24.3 Å². The molecule has 112 valence electrons. The Hall–Kier alpha value is -1.80. The molecule has 1 aliphatic heterocycles. The molecule has 1 amide bonds. The summed E-state index contributed by atoms with van der Waals surface area (Å²) in [7, 11) is 0. The van der Waals surface area contributed by atoms with E-state index in [-0.39, 0.29) is 17.9 Å². The van der Waals surface area contributed by atoms with Gasteiger partial charge in [0.15, 0.2) is 0 Å². The van der Waals surface area contributed by atoms with Crippen LogP contribution in [0.1, 0.15) is 29.0 Å². The molecule has 1 fully saturated rings. The summed E-state index contributed by atoms with van der Waals surface area (Å²) in [5, 5.41) is 3.98. The number of hydrogen-bond acceptors (Lipinski definition) is 1. The third-order valence-corrected chi connectivity index (χ3v) is 5.27. The molecule has 0 bridgehead atoms. The zero-order valence-electron chi connectivity index (χ0n) is 12.3. The lowest BCUT2D eigenvalue weighted by Crippen LogP contribution is -2.31. The normalized spacial score (nSPS) is 26.2. The summed E-state index contributed by atoms with van der Waals surface area (Å²) in [5.41, 5.74) is 3.75. The average Bonchev–Trinajstić information content (AvgIpc) is 2.84. The van der Waals surface area contributed by atoms with Gasteiger partial charge in [-0.1, -0.05) is 48.0 Å². The molecule has 1 heterocycles. The summed E-state index contributed by atoms with van der Waals surface area (Å²) in [5.74, 6) is 0.597. The van der Waals surface area contributed by atoms with Crippen LogP contribution in [0.2, 0.25) is 5.02 Å². The Labute approximate surface area is 135 Å². The Kier molecular flexibility index (Phi) is 3.42. The predicted octanol–water partition coefficient (Wildman–Crippen LogP) is 3.73. The fourth-order valence-corrected chi connectivity index (χ4v) is 4.27. The summed E-state index contributed by atoms with van der Waals surface area (Å²) in [6, 6.07) is 16.5. The topological polar surface area (TPSA) is 29.1 Å². The van der Waals surface area contributed by atoms with E-state index < -0.39 is 0 Å². The van der Waals surface area contributed by atoms with Crippen LogP contribution in [-0.4, -0.2) is 11.9 Å². The van der Waals surface area contributed by atoms with Crippen molar-refractivity contribution in [2.24, 2.45) is 5.92 Å². The number of benzene rings is 2. The molecule has 0 radical (unpaired) electrons. The second-order valence-corrected chi connectivity index (χ2v) is 6.76. The van der Waals surface area contributed by atoms with Crippen molar-refractivity contribution in [2.45, 2.75) is 31.2 Å². The molecule has 2 nitrogen and oxygen atoms in total. The van der Waals surface area contributed by atoms with Crippen molar-refractivity contribution in [1.29, 1.82) is 0 Å². The highest BCUT2D eigenvalue weighted by atomic mass is 35.5. The highest BCUT2D eigenvalue weighted by molar-refractivity contribution is 6.30. The third kappa shape index (κ3) is 2.32. The van der Waals surface area contributed by atoms with Gasteiger partial charge in [-0.05, 0) is 54.0 Å². The summed E-state index contributed by atoms with van der Waals surface area (Å²) in [6.45, 7) is 0. The molecule has 3 heteroatoms. The number of carbonyl (C=O) groups is 1. The first kappa shape index (κ1) is 13.8. The molecule has 1 aliphatic carbocycles. The van der Waals surface area contributed by atoms with Crippen molar-refractivity contribution < 1.29 is 4.79 Å². The number of halogens is 1. The van der Waals surface area contributed by atoms with Gasteiger partial charge in [-0.25, -0.2) is 0 Å². The van der Waals surface area contributed by atoms with Gasteiger partial charge < -0.3 is 5.32 Å². The predicted molar refractivity (Wildman–Crippen MR) is 88.1 cm³/mol. The average molecular weight is 312 g/mol. The van der Waals surface area contributed by atoms with Crippen LogP contribution in [0.4, 0.5) is 0 Å². The summed E-state index contributed by atoms with van der Waals surface area (Å²) in [4.78, 5) is 12.5. The van der Waals surface area contributed by atoms with Gasteiger partial charge in [0.25, 0.3) is 0 Å². The van der Waals surface area contributed by atoms with Crippen LogP contribution in [0.15, 0.2) is 48.5 Å². The van der Waals surface area contributed by atoms with Crippen molar-refractivity contribution in [2.75, 3.05) is 0 Å². The second kappa shape index (κ2) is 5.44. The molecule has 1 saturated heterocycles. The Balaban J connectivity index is 1.62. The van der Waals surface area contributed by atoms with Crippen molar-refractivity contribution in [3.05, 3.63) is 70.2 Å². The maximum absolute atomic E-state index is 12.5. The van der Waals surface area contributed by atoms with E-state index in [2.05, 4.69) is 29.6 Å². The third-order valence-electron chi connectivity index (χ3n) is 5.04. The first-order valence-electron chi connectivity index (χ1n) is 7.85. The number of aryl methyl sites for hydroxylation is 1. The summed E-state index contributed by atoms with van der Waals surface area (Å²) >= 11 is 6.08. The fraction of sp³-hybridized carbons (Fsp3) is 0.316. The van der Waals surface area contributed by atoms with E-state index in [0.29, 0.717) is 5.92 Å². The highest BCUT2D eigenvalue weighted by Crippen LogP contribution is 2.42. The molecule has 4 rings (SSSR count). The van der Waals surface area contributed by atoms with Gasteiger partial charge in [-0.2, -0.15) is 0 Å². The van der Waals surface area contributed by atoms with Crippen LogP contribution in [0.5, 0.6) is 0 Å². The maximum atomic E-state index is 12.5. The minimum absolute atomic E-state index is 0.0223. The Bertz CT molecular complexity index is 727. The van der Waals surface area contributed by atoms with Gasteiger partial charge in [-0.15, -0.1) is 0 Å². The highest BCUT2D eigenvalue weighted by Gasteiger charge is 2.45. The van der Waals surface area contributed by atoms with Gasteiger partial charge in [-0.3, -0.25) is 4.79 Å². The van der Waals surface area contributed by atoms with Crippen LogP contribution in [0, 0.1) is 5.92 Å². The van der Waals surface area contributed by atoms with Crippen molar-refractivity contribution >= 4 is 17.5 Å². The molecule has 2 aliphatic rings. The number of fused-ring (bicyclic) bond motifs is 3. The summed E-state index contributed by atoms with van der Waals surface area (Å²) in [6.07, 6.45) is 3.00. The van der Waals surface area contributed by atoms with Crippen LogP contribution in [0.25, 0.3) is 0 Å². The van der Waals surface area contributed by atoms with Crippen molar-refractivity contribution in [3.63, 3.8) is 0 Å². The first-order valence-corrected chi connectivity index (χ1v) is 8.23. The molecule has 0 saturated carbocycles. The number of carbonyl (C=O) groups excluding carboxylic acids is 1. The fourth-order valence-electron chi connectivity index (χ4n) is 4.05. The zero-order valence-corrected chi connectivity index (χ0v) is 13.0. The maximum Gasteiger partial charge on any atom is 0.228 e. The minimum Gasteiger partial charge on any atom is -0.352 e. The molecular formula is C19H18ClNO. The van der Waals surface area contributed by atoms with Crippen molar-refractivity contribution in [3.8, 4) is 0 Å². The van der Waals surface area contributed by atoms with Gasteiger partial charge in [0.1, 0.15) is 0 Å². The molecule has 22 heavy (non-hydrogen) atoms. The van der Waals surface area contributed by atoms with Crippen LogP contribution >= 0.6 is 11.6 Å². The van der Waals surface area contributed by atoms with E-state index in [1.165, 1.54) is 16.7 Å². The van der Waals surface area contributed by atoms with Crippen molar-refractivity contribution in [1.82, 2.24) is 5.32 Å². The van der Waals surface area contributed by atoms with Gasteiger partial charge in [0.2, 0.25) is 5.91 Å². The zero-order chi connectivity index (χ0) is 15.1. The van der Waals surface area contributed by atoms with E-state index in [1.54, 1.807) is 0 Å². The van der Waals surface area contributed by atoms with Crippen LogP contribution in [0.3, 0.4) is 0 Å². The van der Waals surface area contributed by atoms with E-state index in [4.69, 9.17) is 11.6 Å². The number of amides is 1. The van der Waals surface area contributed by atoms with Gasteiger partial charge in [0.05, 0.1) is 5.92 Å². The Morgan fingerprint density at radius 2 is 2.00 bits per heavy atom. The molecular weight excluding hydrogens is 294 g/mol. The first-order chi connectivity index (χ1) is 10.7. The lowest BCUT2D eigenvalue weighted by Gasteiger charge is -2.29. The van der Waals surface area contributed by atoms with E-state index in [0.717, 1.165) is 24.3 Å². The van der Waals surface area contributed by atoms with E-state index >= 15 is 0 Å². The SMILES string of the molecule is O=C1NC(Cc2cccc(Cl)c2)C2CCc3ccccc3C12. The molecule has 2 aromatic rings. The second-order valence-electron chi connectivity index (χ2n) is 6.33. The van der Waals surface area contributed by atoms with Gasteiger partial charge in [0, 0.05) is 11.1 Å².